The molecule has 0 N–H and O–H groups in total. The number of nitrogens with zero attached hydrogens (tertiary/aromatic N) is 1. The van der Waals surface area contributed by atoms with Gasteiger partial charge in [-0.25, -0.2) is 0 Å². The van der Waals surface area contributed by atoms with Gasteiger partial charge in [0.05, 0.1) is 5.41 Å². The second-order valence-electron chi connectivity index (χ2n) is 11.5. The molecule has 1 aliphatic carbocycles. The molecule has 0 heterocycles. The van der Waals surface area contributed by atoms with E-state index in [2.05, 4.69) is 203 Å². The van der Waals surface area contributed by atoms with Crippen LogP contribution in [0.2, 0.25) is 0 Å². The third kappa shape index (κ3) is 4.61. The minimum Gasteiger partial charge on any atom is -0.310 e. The molecule has 7 aromatic carbocycles. The van der Waals surface area contributed by atoms with Gasteiger partial charge in [0.2, 0.25) is 0 Å². The van der Waals surface area contributed by atoms with E-state index in [1.165, 1.54) is 44.5 Å². The number of hydrogen-bond acceptors (Lipinski definition) is 1. The zero-order valence-corrected chi connectivity index (χ0v) is 26.2. The van der Waals surface area contributed by atoms with Crippen molar-refractivity contribution in [2.75, 3.05) is 4.90 Å². The Kier molecular flexibility index (Phi) is 6.93. The van der Waals surface area contributed by atoms with E-state index in [1.807, 2.05) is 0 Å². The first kappa shape index (κ1) is 27.4. The van der Waals surface area contributed by atoms with Gasteiger partial charge >= 0.3 is 0 Å². The summed E-state index contributed by atoms with van der Waals surface area (Å²) in [5.74, 6) is 0. The van der Waals surface area contributed by atoms with Gasteiger partial charge in [0, 0.05) is 21.5 Å². The van der Waals surface area contributed by atoms with Crippen molar-refractivity contribution in [3.05, 3.63) is 209 Å². The van der Waals surface area contributed by atoms with Gasteiger partial charge in [-0.15, -0.1) is 0 Å². The van der Waals surface area contributed by atoms with Gasteiger partial charge in [-0.1, -0.05) is 149 Å². The fourth-order valence-electron chi connectivity index (χ4n) is 7.05. The number of halogens is 1. The summed E-state index contributed by atoms with van der Waals surface area (Å²) in [7, 11) is 0. The fourth-order valence-corrected chi connectivity index (χ4v) is 7.31. The zero-order valence-electron chi connectivity index (χ0n) is 24.6. The van der Waals surface area contributed by atoms with Crippen LogP contribution in [0.25, 0.3) is 22.3 Å². The summed E-state index contributed by atoms with van der Waals surface area (Å²) in [5.41, 5.74) is 13.1. The maximum absolute atomic E-state index is 3.56. The average Bonchev–Trinajstić information content (AvgIpc) is 3.41. The highest BCUT2D eigenvalue weighted by Crippen LogP contribution is 2.57. The number of fused-ring (bicyclic) bond motifs is 3. The molecule has 8 rings (SSSR count). The number of anilines is 3. The quantitative estimate of drug-likeness (QED) is 0.175. The SMILES string of the molecule is Brc1ccc(-c2ccc(N(c3ccccc3)c3ccc4c(c3)-c3ccccc3C4(c3ccccc3)c3ccccc3)cc2)cc1. The summed E-state index contributed by atoms with van der Waals surface area (Å²) in [5, 5.41) is 0. The van der Waals surface area contributed by atoms with E-state index in [0.717, 1.165) is 21.5 Å². The zero-order chi connectivity index (χ0) is 30.2. The van der Waals surface area contributed by atoms with Gasteiger partial charge in [-0.2, -0.15) is 0 Å². The second kappa shape index (κ2) is 11.4. The Balaban J connectivity index is 1.32. The number of para-hydroxylation sites is 1. The minimum atomic E-state index is -0.406. The molecular weight excluding hydrogens is 610 g/mol. The molecule has 0 saturated carbocycles. The molecular formula is C43H30BrN. The van der Waals surface area contributed by atoms with Crippen molar-refractivity contribution in [2.45, 2.75) is 5.41 Å². The van der Waals surface area contributed by atoms with Crippen molar-refractivity contribution in [3.8, 4) is 22.3 Å². The molecule has 0 spiro atoms. The van der Waals surface area contributed by atoms with E-state index in [1.54, 1.807) is 0 Å². The molecule has 0 bridgehead atoms. The van der Waals surface area contributed by atoms with Crippen LogP contribution in [0.5, 0.6) is 0 Å². The summed E-state index contributed by atoms with van der Waals surface area (Å²) in [4.78, 5) is 2.36. The lowest BCUT2D eigenvalue weighted by molar-refractivity contribution is 0.768. The van der Waals surface area contributed by atoms with Gasteiger partial charge in [0.1, 0.15) is 0 Å². The smallest absolute Gasteiger partial charge is 0.0713 e. The molecule has 1 nitrogen and oxygen atoms in total. The third-order valence-corrected chi connectivity index (χ3v) is 9.55. The Hall–Kier alpha value is -5.18. The van der Waals surface area contributed by atoms with Crippen molar-refractivity contribution in [2.24, 2.45) is 0 Å². The van der Waals surface area contributed by atoms with Crippen LogP contribution < -0.4 is 4.90 Å². The van der Waals surface area contributed by atoms with E-state index in [-0.39, 0.29) is 0 Å². The van der Waals surface area contributed by atoms with E-state index >= 15 is 0 Å². The lowest BCUT2D eigenvalue weighted by Crippen LogP contribution is -2.28. The summed E-state index contributed by atoms with van der Waals surface area (Å²) < 4.78 is 1.08. The number of rotatable bonds is 6. The first-order chi connectivity index (χ1) is 22.2. The van der Waals surface area contributed by atoms with Gasteiger partial charge in [-0.3, -0.25) is 0 Å². The minimum absolute atomic E-state index is 0.406. The van der Waals surface area contributed by atoms with Crippen LogP contribution >= 0.6 is 15.9 Å². The standard InChI is InChI=1S/C43H30BrN/c44-35-24-20-31(21-25-35)32-22-26-37(27-23-32)45(36-16-8-3-9-17-36)38-28-29-42-40(30-38)39-18-10-11-19-41(39)43(42,33-12-4-1-5-13-33)34-14-6-2-7-15-34/h1-30H. The first-order valence-electron chi connectivity index (χ1n) is 15.3. The van der Waals surface area contributed by atoms with Crippen molar-refractivity contribution < 1.29 is 0 Å². The molecule has 0 radical (unpaired) electrons. The van der Waals surface area contributed by atoms with Gasteiger partial charge in [0.25, 0.3) is 0 Å². The van der Waals surface area contributed by atoms with E-state index in [0.29, 0.717) is 0 Å². The molecule has 0 fully saturated rings. The van der Waals surface area contributed by atoms with Crippen LogP contribution in [0.1, 0.15) is 22.3 Å². The van der Waals surface area contributed by atoms with Crippen molar-refractivity contribution in [1.82, 2.24) is 0 Å². The van der Waals surface area contributed by atoms with Crippen molar-refractivity contribution in [3.63, 3.8) is 0 Å². The fraction of sp³-hybridized carbons (Fsp3) is 0.0233. The maximum atomic E-state index is 3.56. The molecule has 0 saturated heterocycles. The average molecular weight is 641 g/mol. The molecule has 0 aromatic heterocycles. The molecule has 0 aliphatic heterocycles. The Morgan fingerprint density at radius 3 is 1.47 bits per heavy atom. The predicted molar refractivity (Wildman–Crippen MR) is 192 cm³/mol. The van der Waals surface area contributed by atoms with Crippen LogP contribution in [0.15, 0.2) is 186 Å². The summed E-state index contributed by atoms with van der Waals surface area (Å²) in [6.07, 6.45) is 0. The van der Waals surface area contributed by atoms with Crippen LogP contribution in [0.3, 0.4) is 0 Å². The lowest BCUT2D eigenvalue weighted by Gasteiger charge is -2.34. The van der Waals surface area contributed by atoms with Crippen LogP contribution in [0, 0.1) is 0 Å². The van der Waals surface area contributed by atoms with Gasteiger partial charge < -0.3 is 4.90 Å². The summed E-state index contributed by atoms with van der Waals surface area (Å²) >= 11 is 3.56. The highest BCUT2D eigenvalue weighted by molar-refractivity contribution is 9.10. The summed E-state index contributed by atoms with van der Waals surface area (Å²) in [6.45, 7) is 0. The van der Waals surface area contributed by atoms with Crippen LogP contribution in [0.4, 0.5) is 17.1 Å². The van der Waals surface area contributed by atoms with Crippen molar-refractivity contribution in [1.29, 1.82) is 0 Å². The first-order valence-corrected chi connectivity index (χ1v) is 16.1. The Labute approximate surface area is 273 Å². The Bertz CT molecular complexity index is 2050. The van der Waals surface area contributed by atoms with E-state index in [4.69, 9.17) is 0 Å². The molecule has 0 unspecified atom stereocenters. The highest BCUT2D eigenvalue weighted by atomic mass is 79.9. The molecule has 7 aromatic rings. The second-order valence-corrected chi connectivity index (χ2v) is 12.4. The predicted octanol–water partition coefficient (Wildman–Crippen LogP) is 11.9. The van der Waals surface area contributed by atoms with E-state index in [9.17, 15) is 0 Å². The highest BCUT2D eigenvalue weighted by Gasteiger charge is 2.46. The van der Waals surface area contributed by atoms with Gasteiger partial charge in [0.15, 0.2) is 0 Å². The monoisotopic (exact) mass is 639 g/mol. The molecule has 45 heavy (non-hydrogen) atoms. The molecule has 214 valence electrons. The topological polar surface area (TPSA) is 3.24 Å². The Morgan fingerprint density at radius 2 is 0.844 bits per heavy atom. The number of benzene rings is 7. The largest absolute Gasteiger partial charge is 0.310 e. The number of hydrogen-bond donors (Lipinski definition) is 0. The van der Waals surface area contributed by atoms with Crippen LogP contribution in [-0.4, -0.2) is 0 Å². The van der Waals surface area contributed by atoms with Crippen molar-refractivity contribution >= 4 is 33.0 Å². The molecule has 2 heteroatoms. The van der Waals surface area contributed by atoms with Gasteiger partial charge in [-0.05, 0) is 93.0 Å². The normalized spacial score (nSPS) is 12.7. The Morgan fingerprint density at radius 1 is 0.378 bits per heavy atom. The maximum Gasteiger partial charge on any atom is 0.0713 e. The van der Waals surface area contributed by atoms with E-state index < -0.39 is 5.41 Å². The molecule has 1 aliphatic rings. The molecule has 0 atom stereocenters. The molecule has 0 amide bonds. The van der Waals surface area contributed by atoms with Crippen LogP contribution in [-0.2, 0) is 5.41 Å². The summed E-state index contributed by atoms with van der Waals surface area (Å²) in [6, 6.07) is 65.9. The third-order valence-electron chi connectivity index (χ3n) is 9.02. The lowest BCUT2D eigenvalue weighted by atomic mass is 9.68.